The number of hydrogen-bond donors (Lipinski definition) is 1. The number of hydrogen-bond acceptors (Lipinski definition) is 11. The Morgan fingerprint density at radius 2 is 1.22 bits per heavy atom. The van der Waals surface area contributed by atoms with Crippen LogP contribution in [-0.2, 0) is 4.74 Å². The first-order valence-corrected chi connectivity index (χ1v) is 21.7. The normalized spacial score (nSPS) is 11.9. The van der Waals surface area contributed by atoms with Gasteiger partial charge in [0.25, 0.3) is 5.56 Å². The minimum absolute atomic E-state index is 0.269. The minimum Gasteiger partial charge on any atom is -0.444 e. The maximum Gasteiger partial charge on any atom is 0.410 e. The lowest BCUT2D eigenvalue weighted by atomic mass is 8.64. The minimum atomic E-state index is -0.630. The van der Waals surface area contributed by atoms with Crippen LogP contribution in [0, 0.1) is 0 Å². The van der Waals surface area contributed by atoms with Gasteiger partial charge in [-0.1, -0.05) is 46.4 Å². The van der Waals surface area contributed by atoms with Crippen molar-refractivity contribution in [1.29, 1.82) is 0 Å². The van der Waals surface area contributed by atoms with Gasteiger partial charge in [0, 0.05) is 185 Å². The summed E-state index contributed by atoms with van der Waals surface area (Å²) < 4.78 is 5.49. The van der Waals surface area contributed by atoms with Crippen molar-refractivity contribution in [2.75, 3.05) is 31.1 Å². The molecule has 1 N–H and O–H groups in total. The van der Waals surface area contributed by atoms with E-state index in [1.54, 1.807) is 47.8 Å². The maximum atomic E-state index is 12.4. The molecule has 1 fully saturated rings. The number of H-pyrrole nitrogens is 1. The van der Waals surface area contributed by atoms with Crippen LogP contribution in [0.4, 0.5) is 10.6 Å². The molecule has 34 heteroatoms. The van der Waals surface area contributed by atoms with E-state index >= 15 is 0 Å². The number of nitrogens with one attached hydrogen (secondary N) is 1. The van der Waals surface area contributed by atoms with Gasteiger partial charge in [-0.25, -0.2) is 29.7 Å². The second kappa shape index (κ2) is 25.9. The third kappa shape index (κ3) is 16.5. The predicted octanol–water partition coefficient (Wildman–Crippen LogP) is 0.664. The van der Waals surface area contributed by atoms with Gasteiger partial charge >= 0.3 is 6.09 Å². The number of nitrogens with zero attached hydrogens (tertiary/aromatic N) is 9. The highest BCUT2D eigenvalue weighted by Crippen LogP contribution is 2.33. The second-order valence-corrected chi connectivity index (χ2v) is 17.3. The van der Waals surface area contributed by atoms with Crippen molar-refractivity contribution in [3.8, 4) is 22.8 Å². The molecule has 0 aromatic carbocycles. The van der Waals surface area contributed by atoms with Crippen LogP contribution in [-0.4, -0.2) is 205 Å². The average Bonchev–Trinajstić information content (AvgIpc) is 3.26. The van der Waals surface area contributed by atoms with Gasteiger partial charge in [-0.05, 0) is 45.0 Å². The van der Waals surface area contributed by atoms with Gasteiger partial charge in [-0.3, -0.25) is 14.8 Å². The molecule has 0 bridgehead atoms. The number of aromatic amines is 1. The molecule has 1 aliphatic heterocycles. The van der Waals surface area contributed by atoms with E-state index in [0.717, 1.165) is 10.9 Å². The molecule has 0 aliphatic carbocycles. The number of aromatic nitrogens is 8. The highest BCUT2D eigenvalue weighted by atomic mass is 35.5. The Kier molecular flexibility index (Phi) is 21.6. The fourth-order valence-electron chi connectivity index (χ4n) is 5.86. The third-order valence-corrected chi connectivity index (χ3v) is 10.3. The van der Waals surface area contributed by atoms with Crippen LogP contribution >= 0.6 is 46.4 Å². The van der Waals surface area contributed by atoms with Crippen molar-refractivity contribution >= 4 is 203 Å². The van der Waals surface area contributed by atoms with Gasteiger partial charge in [-0.2, -0.15) is 0 Å². The predicted molar refractivity (Wildman–Crippen MR) is 292 cm³/mol. The van der Waals surface area contributed by atoms with E-state index in [1.807, 2.05) is 20.8 Å². The number of carbonyl (C=O) groups is 1. The van der Waals surface area contributed by atoms with Gasteiger partial charge in [0.1, 0.15) is 27.5 Å². The third-order valence-electron chi connectivity index (χ3n) is 9.33. The van der Waals surface area contributed by atoms with E-state index in [4.69, 9.17) is 133 Å². The van der Waals surface area contributed by atoms with Crippen molar-refractivity contribution in [1.82, 2.24) is 44.8 Å². The molecule has 0 atom stereocenters. The largest absolute Gasteiger partial charge is 0.444 e. The zero-order valence-electron chi connectivity index (χ0n) is 36.7. The zero-order chi connectivity index (χ0) is 49.7. The fraction of sp³-hybridized carbons (Fsp3) is 0.242. The van der Waals surface area contributed by atoms with E-state index in [9.17, 15) is 9.59 Å². The summed E-state index contributed by atoms with van der Waals surface area (Å²) in [6, 6.07) is 6.83. The van der Waals surface area contributed by atoms with Crippen LogP contribution in [0.1, 0.15) is 20.8 Å². The molecule has 6 aromatic rings. The lowest BCUT2D eigenvalue weighted by Gasteiger charge is -2.36. The number of halogens is 4. The highest BCUT2D eigenvalue weighted by Gasteiger charge is 2.28. The standard InChI is InChI=1S/C21H22Cl2N6O2.C12H6Cl2N4O.B9.B8/c1-21(2,3)31-20(30)29-8-6-28(7-9-29)19-17-14(22)11-24-12-15(17)26-18(27-19)13-4-5-25-16(23)10-13;13-7-4-15-5-8-10(7)12(19)18-11(17-8)6-1-2-16-9(14)3-6;1-6-9(7(2)3)8(4)5;1-6(2)8(5)7(3)4/h4-5,10-12H,6-9H2,1-3H3;1-5H,(H,17,18,19);;. The molecule has 13 nitrogen and oxygen atoms in total. The van der Waals surface area contributed by atoms with Crippen LogP contribution in [0.2, 0.25) is 20.4 Å². The Balaban J connectivity index is 0.000000229. The van der Waals surface area contributed by atoms with Crippen molar-refractivity contribution in [2.45, 2.75) is 26.4 Å². The second-order valence-electron chi connectivity index (χ2n) is 15.7. The van der Waals surface area contributed by atoms with Crippen LogP contribution in [0.25, 0.3) is 44.6 Å². The SMILES string of the molecule is CC(C)(C)OC(=O)N1CCN(c2nc(-c3ccnc(Cl)c3)nc3cncc(Cl)c23)CC1.O=c1[nH]c(-c2ccnc(Cl)c2)nc2cncc(Cl)c12.[B]B([B])B([B])B([B])[B].[B][B]B(B([B])[B])B([B])[B]. The molecule has 0 saturated carbocycles. The molecule has 7 rings (SSSR count). The van der Waals surface area contributed by atoms with Crippen molar-refractivity contribution in [2.24, 2.45) is 0 Å². The van der Waals surface area contributed by atoms with Crippen LogP contribution in [0.5, 0.6) is 0 Å². The number of piperazine rings is 1. The molecule has 0 spiro atoms. The van der Waals surface area contributed by atoms with Gasteiger partial charge in [-0.15, -0.1) is 0 Å². The van der Waals surface area contributed by atoms with Gasteiger partial charge < -0.3 is 19.5 Å². The Morgan fingerprint density at radius 1 is 0.716 bits per heavy atom. The molecule has 0 unspecified atom stereocenters. The summed E-state index contributed by atoms with van der Waals surface area (Å²) >= 11 is 24.3. The Bertz CT molecular complexity index is 2640. The Morgan fingerprint density at radius 3 is 1.69 bits per heavy atom. The summed E-state index contributed by atoms with van der Waals surface area (Å²) in [7, 11) is 53.2. The molecular weight excluding hydrogens is 910 g/mol. The lowest BCUT2D eigenvalue weighted by Crippen LogP contribution is -2.55. The van der Waals surface area contributed by atoms with E-state index in [2.05, 4.69) is 39.8 Å². The van der Waals surface area contributed by atoms with Gasteiger partial charge in [0.15, 0.2) is 5.82 Å². The van der Waals surface area contributed by atoms with E-state index in [0.29, 0.717) is 81.0 Å². The number of rotatable bonds is 8. The topological polar surface area (TPSA) is 156 Å². The summed E-state index contributed by atoms with van der Waals surface area (Å²) in [4.78, 5) is 60.7. The van der Waals surface area contributed by atoms with Gasteiger partial charge in [0.05, 0.1) is 44.2 Å². The Hall–Kier alpha value is -3.59. The lowest BCUT2D eigenvalue weighted by molar-refractivity contribution is 0.0240. The fourth-order valence-corrected chi connectivity index (χ4v) is 6.69. The summed E-state index contributed by atoms with van der Waals surface area (Å²) in [5.41, 5.74) is 1.63. The molecule has 6 aromatic heterocycles. The first-order chi connectivity index (χ1) is 31.5. The monoisotopic (exact) mass is 939 g/mol. The van der Waals surface area contributed by atoms with Crippen LogP contribution in [0.15, 0.2) is 66.2 Å². The first kappa shape index (κ1) is 56.0. The molecular formula is C33H28B17Cl4N10O3. The number of pyridine rings is 4. The number of anilines is 1. The van der Waals surface area contributed by atoms with E-state index < -0.39 is 37.5 Å². The van der Waals surface area contributed by atoms with E-state index in [1.165, 1.54) is 25.7 Å². The summed E-state index contributed by atoms with van der Waals surface area (Å²) in [5.74, 6) is 1.60. The molecule has 1 saturated heterocycles. The average molecular weight is 938 g/mol. The van der Waals surface area contributed by atoms with Gasteiger partial charge in [0.2, 0.25) is 0 Å². The first-order valence-electron chi connectivity index (χ1n) is 20.2. The summed E-state index contributed by atoms with van der Waals surface area (Å²) in [6.07, 6.45) is 5.74. The quantitative estimate of drug-likeness (QED) is 0.169. The van der Waals surface area contributed by atoms with Crippen molar-refractivity contribution in [3.05, 3.63) is 92.2 Å². The summed E-state index contributed by atoms with van der Waals surface area (Å²) in [5, 5.41) is 2.47. The Labute approximate surface area is 426 Å². The molecule has 67 heavy (non-hydrogen) atoms. The number of fused-ring (bicyclic) bond motifs is 2. The number of carbonyl (C=O) groups excluding carboxylic acids is 1. The van der Waals surface area contributed by atoms with Crippen molar-refractivity contribution < 1.29 is 9.53 Å². The van der Waals surface area contributed by atoms with Crippen LogP contribution in [0.3, 0.4) is 0 Å². The molecule has 21 radical (unpaired) electrons. The van der Waals surface area contributed by atoms with E-state index in [-0.39, 0.29) is 23.1 Å². The van der Waals surface area contributed by atoms with Crippen molar-refractivity contribution in [3.63, 3.8) is 0 Å². The molecule has 1 amide bonds. The number of amides is 1. The van der Waals surface area contributed by atoms with Crippen LogP contribution < -0.4 is 10.5 Å². The highest BCUT2D eigenvalue weighted by molar-refractivity contribution is 7.94. The molecule has 1 aliphatic rings. The zero-order valence-corrected chi connectivity index (χ0v) is 39.7. The summed E-state index contributed by atoms with van der Waals surface area (Å²) in [6.45, 7) is 7.77. The smallest absolute Gasteiger partial charge is 0.410 e. The molecule has 7 heterocycles. The maximum absolute atomic E-state index is 12.4. The molecule has 307 valence electrons. The number of ether oxygens (including phenoxy) is 1.